The highest BCUT2D eigenvalue weighted by atomic mass is 16.5. The van der Waals surface area contributed by atoms with Gasteiger partial charge >= 0.3 is 11.8 Å². The summed E-state index contributed by atoms with van der Waals surface area (Å²) < 4.78 is 5.57. The molecular weight excluding hydrogens is 408 g/mol. The van der Waals surface area contributed by atoms with E-state index in [9.17, 15) is 14.4 Å². The number of anilines is 2. The summed E-state index contributed by atoms with van der Waals surface area (Å²) in [5.41, 5.74) is 4.84. The van der Waals surface area contributed by atoms with Gasteiger partial charge in [-0.25, -0.2) is 5.43 Å². The Morgan fingerprint density at radius 3 is 2.34 bits per heavy atom. The van der Waals surface area contributed by atoms with Gasteiger partial charge in [0.25, 0.3) is 5.91 Å². The Bertz CT molecular complexity index is 1130. The van der Waals surface area contributed by atoms with Gasteiger partial charge < -0.3 is 15.4 Å². The molecule has 0 unspecified atom stereocenters. The van der Waals surface area contributed by atoms with Crippen LogP contribution in [-0.4, -0.2) is 30.5 Å². The van der Waals surface area contributed by atoms with Crippen molar-refractivity contribution >= 4 is 35.3 Å². The van der Waals surface area contributed by atoms with Gasteiger partial charge in [-0.05, 0) is 48.9 Å². The van der Waals surface area contributed by atoms with Gasteiger partial charge in [-0.3, -0.25) is 14.4 Å². The van der Waals surface area contributed by atoms with E-state index in [4.69, 9.17) is 4.74 Å². The average molecular weight is 430 g/mol. The van der Waals surface area contributed by atoms with Crippen LogP contribution < -0.4 is 20.8 Å². The molecule has 0 saturated carbocycles. The number of aryl methyl sites for hydroxylation is 1. The van der Waals surface area contributed by atoms with Crippen molar-refractivity contribution in [1.29, 1.82) is 0 Å². The summed E-state index contributed by atoms with van der Waals surface area (Å²) in [5.74, 6) is -1.67. The minimum atomic E-state index is -0.914. The molecule has 0 heterocycles. The number of hydrazone groups is 1. The highest BCUT2D eigenvalue weighted by Crippen LogP contribution is 2.16. The number of carbonyl (C=O) groups is 3. The molecule has 0 saturated heterocycles. The number of carbonyl (C=O) groups excluding carboxylic acids is 3. The number of benzene rings is 3. The molecule has 0 fully saturated rings. The van der Waals surface area contributed by atoms with Crippen molar-refractivity contribution in [2.45, 2.75) is 6.92 Å². The third-order valence-corrected chi connectivity index (χ3v) is 4.19. The smallest absolute Gasteiger partial charge is 0.329 e. The van der Waals surface area contributed by atoms with E-state index >= 15 is 0 Å². The quantitative estimate of drug-likeness (QED) is 0.304. The van der Waals surface area contributed by atoms with Crippen molar-refractivity contribution in [1.82, 2.24) is 5.43 Å². The van der Waals surface area contributed by atoms with Crippen LogP contribution in [0.5, 0.6) is 5.75 Å². The molecule has 32 heavy (non-hydrogen) atoms. The summed E-state index contributed by atoms with van der Waals surface area (Å²) in [6, 6.07) is 23.0. The third-order valence-electron chi connectivity index (χ3n) is 4.19. The SMILES string of the molecule is Cc1cccc(NC(=O)C(=O)N/N=C\c2ccccc2OCC(=O)Nc2ccccc2)c1. The number of nitrogens with one attached hydrogen (secondary N) is 3. The fourth-order valence-electron chi connectivity index (χ4n) is 2.70. The molecule has 3 aromatic rings. The van der Waals surface area contributed by atoms with Crippen LogP contribution in [0, 0.1) is 6.92 Å². The minimum absolute atomic E-state index is 0.203. The van der Waals surface area contributed by atoms with Gasteiger partial charge in [0.15, 0.2) is 6.61 Å². The largest absolute Gasteiger partial charge is 0.483 e. The van der Waals surface area contributed by atoms with Crippen molar-refractivity contribution in [2.75, 3.05) is 17.2 Å². The van der Waals surface area contributed by atoms with Gasteiger partial charge in [-0.15, -0.1) is 0 Å². The molecule has 0 aromatic heterocycles. The Kier molecular flexibility index (Phi) is 7.69. The zero-order valence-electron chi connectivity index (χ0n) is 17.4. The van der Waals surface area contributed by atoms with Crippen LogP contribution in [0.3, 0.4) is 0 Å². The maximum Gasteiger partial charge on any atom is 0.329 e. The second kappa shape index (κ2) is 11.1. The van der Waals surface area contributed by atoms with E-state index < -0.39 is 11.8 Å². The predicted octanol–water partition coefficient (Wildman–Crippen LogP) is 3.10. The van der Waals surface area contributed by atoms with Crippen molar-refractivity contribution < 1.29 is 19.1 Å². The van der Waals surface area contributed by atoms with Crippen LogP contribution in [0.2, 0.25) is 0 Å². The topological polar surface area (TPSA) is 109 Å². The summed E-state index contributed by atoms with van der Waals surface area (Å²) in [4.78, 5) is 36.0. The van der Waals surface area contributed by atoms with E-state index in [1.165, 1.54) is 6.21 Å². The lowest BCUT2D eigenvalue weighted by Crippen LogP contribution is -2.32. The summed E-state index contributed by atoms with van der Waals surface area (Å²) >= 11 is 0. The van der Waals surface area contributed by atoms with E-state index in [-0.39, 0.29) is 12.5 Å². The normalized spacial score (nSPS) is 10.4. The number of hydrogen-bond donors (Lipinski definition) is 3. The molecule has 0 aliphatic rings. The molecule has 0 atom stereocenters. The predicted molar refractivity (Wildman–Crippen MR) is 123 cm³/mol. The van der Waals surface area contributed by atoms with Gasteiger partial charge in [0.1, 0.15) is 5.75 Å². The van der Waals surface area contributed by atoms with Crippen LogP contribution in [0.25, 0.3) is 0 Å². The zero-order valence-corrected chi connectivity index (χ0v) is 17.4. The van der Waals surface area contributed by atoms with Gasteiger partial charge in [0, 0.05) is 16.9 Å². The fraction of sp³-hybridized carbons (Fsp3) is 0.0833. The monoisotopic (exact) mass is 430 g/mol. The minimum Gasteiger partial charge on any atom is -0.483 e. The number of nitrogens with zero attached hydrogens (tertiary/aromatic N) is 1. The molecule has 3 amide bonds. The fourth-order valence-corrected chi connectivity index (χ4v) is 2.70. The summed E-state index contributed by atoms with van der Waals surface area (Å²) in [5, 5.41) is 9.04. The third kappa shape index (κ3) is 6.81. The van der Waals surface area contributed by atoms with E-state index in [1.807, 2.05) is 31.2 Å². The zero-order chi connectivity index (χ0) is 22.8. The Balaban J connectivity index is 1.53. The van der Waals surface area contributed by atoms with Crippen LogP contribution >= 0.6 is 0 Å². The lowest BCUT2D eigenvalue weighted by atomic mass is 10.2. The molecule has 3 N–H and O–H groups in total. The highest BCUT2D eigenvalue weighted by Gasteiger charge is 2.13. The Morgan fingerprint density at radius 1 is 0.844 bits per heavy atom. The van der Waals surface area contributed by atoms with Gasteiger partial charge in [0.05, 0.1) is 6.21 Å². The second-order valence-corrected chi connectivity index (χ2v) is 6.76. The van der Waals surface area contributed by atoms with Gasteiger partial charge in [0.2, 0.25) is 0 Å². The van der Waals surface area contributed by atoms with Gasteiger partial charge in [-0.2, -0.15) is 5.10 Å². The molecule has 0 bridgehead atoms. The van der Waals surface area contributed by atoms with Crippen LogP contribution in [0.4, 0.5) is 11.4 Å². The number of hydrogen-bond acceptors (Lipinski definition) is 5. The van der Waals surface area contributed by atoms with Crippen molar-refractivity contribution in [3.63, 3.8) is 0 Å². The lowest BCUT2D eigenvalue weighted by Gasteiger charge is -2.09. The van der Waals surface area contributed by atoms with E-state index in [0.29, 0.717) is 22.7 Å². The summed E-state index contributed by atoms with van der Waals surface area (Å²) in [6.45, 7) is 1.68. The number of amides is 3. The molecule has 8 nitrogen and oxygen atoms in total. The first-order valence-electron chi connectivity index (χ1n) is 9.79. The summed E-state index contributed by atoms with van der Waals surface area (Å²) in [7, 11) is 0. The lowest BCUT2D eigenvalue weighted by molar-refractivity contribution is -0.136. The molecule has 0 aliphatic carbocycles. The molecule has 162 valence electrons. The van der Waals surface area contributed by atoms with Crippen molar-refractivity contribution in [3.05, 3.63) is 90.0 Å². The van der Waals surface area contributed by atoms with E-state index in [0.717, 1.165) is 5.56 Å². The Hall–Kier alpha value is -4.46. The first-order chi connectivity index (χ1) is 15.5. The molecule has 0 radical (unpaired) electrons. The molecule has 0 spiro atoms. The summed E-state index contributed by atoms with van der Waals surface area (Å²) in [6.07, 6.45) is 1.34. The Labute approximate surface area is 185 Å². The first kappa shape index (κ1) is 22.2. The van der Waals surface area contributed by atoms with Crippen molar-refractivity contribution in [3.8, 4) is 5.75 Å². The van der Waals surface area contributed by atoms with E-state index in [1.54, 1.807) is 54.6 Å². The Morgan fingerprint density at radius 2 is 1.56 bits per heavy atom. The molecule has 0 aliphatic heterocycles. The van der Waals surface area contributed by atoms with Crippen LogP contribution in [0.15, 0.2) is 84.0 Å². The molecule has 8 heteroatoms. The maximum absolute atomic E-state index is 12.1. The average Bonchev–Trinajstić information content (AvgIpc) is 2.79. The molecule has 3 rings (SSSR count). The van der Waals surface area contributed by atoms with Crippen LogP contribution in [0.1, 0.15) is 11.1 Å². The number of rotatable bonds is 7. The first-order valence-corrected chi connectivity index (χ1v) is 9.79. The van der Waals surface area contributed by atoms with Gasteiger partial charge in [-0.1, -0.05) is 42.5 Å². The van der Waals surface area contributed by atoms with E-state index in [2.05, 4.69) is 21.2 Å². The number of ether oxygens (including phenoxy) is 1. The highest BCUT2D eigenvalue weighted by molar-refractivity contribution is 6.39. The second-order valence-electron chi connectivity index (χ2n) is 6.76. The van der Waals surface area contributed by atoms with Crippen molar-refractivity contribution in [2.24, 2.45) is 5.10 Å². The molecular formula is C24H22N4O4. The number of para-hydroxylation sites is 2. The molecule has 3 aromatic carbocycles. The van der Waals surface area contributed by atoms with Crippen LogP contribution in [-0.2, 0) is 14.4 Å². The standard InChI is InChI=1S/C24H22N4O4/c1-17-8-7-12-20(14-17)27-23(30)24(31)28-25-15-18-9-5-6-13-21(18)32-16-22(29)26-19-10-3-2-4-11-19/h2-15H,16H2,1H3,(H,26,29)(H,27,30)(H,28,31)/b25-15-. The maximum atomic E-state index is 12.1.